The van der Waals surface area contributed by atoms with Gasteiger partial charge in [-0.3, -0.25) is 4.79 Å². The van der Waals surface area contributed by atoms with Gasteiger partial charge < -0.3 is 15.6 Å². The largest absolute Gasteiger partial charge is 0.405 e. The number of nitrogens with one attached hydrogen (secondary N) is 4. The monoisotopic (exact) mass is 412 g/mol. The number of alkyl halides is 3. The van der Waals surface area contributed by atoms with E-state index >= 15 is 0 Å². The van der Waals surface area contributed by atoms with Gasteiger partial charge in [0, 0.05) is 6.20 Å². The molecule has 8 nitrogen and oxygen atoms in total. The Balaban J connectivity index is 1.90. The van der Waals surface area contributed by atoms with E-state index in [0.29, 0.717) is 16.6 Å². The number of carbonyl (C=O) groups is 1. The van der Waals surface area contributed by atoms with Crippen molar-refractivity contribution < 1.29 is 27.3 Å². The maximum absolute atomic E-state index is 14.3. The van der Waals surface area contributed by atoms with Crippen molar-refractivity contribution >= 4 is 22.8 Å². The molecule has 0 fully saturated rings. The Morgan fingerprint density at radius 1 is 1.31 bits per heavy atom. The van der Waals surface area contributed by atoms with Crippen molar-refractivity contribution in [2.24, 2.45) is 0 Å². The van der Waals surface area contributed by atoms with E-state index in [0.717, 1.165) is 6.20 Å². The Morgan fingerprint density at radius 2 is 2.07 bits per heavy atom. The average Bonchev–Trinajstić information content (AvgIpc) is 3.11. The fourth-order valence-corrected chi connectivity index (χ4v) is 2.61. The summed E-state index contributed by atoms with van der Waals surface area (Å²) in [6.07, 6.45) is 1.19. The Hall–Kier alpha value is -3.31. The zero-order valence-corrected chi connectivity index (χ0v) is 15.5. The van der Waals surface area contributed by atoms with Crippen LogP contribution in [0.3, 0.4) is 0 Å². The number of H-pyrrole nitrogens is 2. The highest BCUT2D eigenvalue weighted by Gasteiger charge is 2.36. The average molecular weight is 412 g/mol. The van der Waals surface area contributed by atoms with Crippen LogP contribution in [0.5, 0.6) is 0 Å². The number of hydrogen-bond donors (Lipinski definition) is 3. The van der Waals surface area contributed by atoms with Crippen LogP contribution in [0.1, 0.15) is 20.3 Å². The molecule has 1 amide bonds. The third kappa shape index (κ3) is 4.41. The molecule has 3 aromatic rings. The highest BCUT2D eigenvalue weighted by Crippen LogP contribution is 2.27. The highest BCUT2D eigenvalue weighted by atomic mass is 19.4. The van der Waals surface area contributed by atoms with Crippen molar-refractivity contribution in [3.8, 4) is 11.4 Å². The quantitative estimate of drug-likeness (QED) is 0.538. The van der Waals surface area contributed by atoms with Crippen LogP contribution < -0.4 is 15.6 Å². The Labute approximate surface area is 162 Å². The fraction of sp³-hybridized carbons (Fsp3) is 0.353. The van der Waals surface area contributed by atoms with Gasteiger partial charge in [-0.2, -0.15) is 13.2 Å². The lowest BCUT2D eigenvalue weighted by atomic mass is 9.97. The predicted molar refractivity (Wildman–Crippen MR) is 95.0 cm³/mol. The third-order valence-corrected chi connectivity index (χ3v) is 4.43. The Morgan fingerprint density at radius 3 is 2.76 bits per heavy atom. The number of nitrogens with zero attached hydrogens (tertiary/aromatic N) is 3. The molecule has 0 aliphatic rings. The lowest BCUT2D eigenvalue weighted by molar-refractivity contribution is -0.380. The zero-order chi connectivity index (χ0) is 21.2. The molecule has 3 aromatic heterocycles. The van der Waals surface area contributed by atoms with Gasteiger partial charge in [-0.1, -0.05) is 6.92 Å². The maximum atomic E-state index is 14.3. The summed E-state index contributed by atoms with van der Waals surface area (Å²) in [5, 5.41) is 5.09. The Kier molecular flexibility index (Phi) is 5.36. The number of aromatic amines is 2. The molecule has 12 heteroatoms. The van der Waals surface area contributed by atoms with E-state index < -0.39 is 30.0 Å². The van der Waals surface area contributed by atoms with Crippen LogP contribution in [0.2, 0.25) is 0 Å². The first-order valence-electron chi connectivity index (χ1n) is 8.62. The summed E-state index contributed by atoms with van der Waals surface area (Å²) >= 11 is 0. The topological polar surface area (TPSA) is 110 Å². The number of halogens is 4. The molecule has 3 heterocycles. The first-order chi connectivity index (χ1) is 13.6. The minimum atomic E-state index is -4.56. The van der Waals surface area contributed by atoms with Gasteiger partial charge in [0.25, 0.3) is 12.0 Å². The molecule has 0 aliphatic carbocycles. The second-order valence-electron chi connectivity index (χ2n) is 6.53. The van der Waals surface area contributed by atoms with Crippen LogP contribution in [0.4, 0.5) is 23.4 Å². The number of hydrogen-bond acceptors (Lipinski definition) is 5. The summed E-state index contributed by atoms with van der Waals surface area (Å²) < 4.78 is 51.5. The van der Waals surface area contributed by atoms with Gasteiger partial charge in [0.1, 0.15) is 18.3 Å². The van der Waals surface area contributed by atoms with E-state index in [1.807, 2.05) is 5.32 Å². The van der Waals surface area contributed by atoms with Gasteiger partial charge in [0.2, 0.25) is 5.91 Å². The second kappa shape index (κ2) is 7.60. The van der Waals surface area contributed by atoms with E-state index in [-0.39, 0.29) is 18.1 Å². The molecule has 0 aliphatic heterocycles. The van der Waals surface area contributed by atoms with Gasteiger partial charge in [0.15, 0.2) is 17.5 Å². The summed E-state index contributed by atoms with van der Waals surface area (Å²) in [6.45, 7) is 1.46. The van der Waals surface area contributed by atoms with Crippen LogP contribution in [-0.4, -0.2) is 44.1 Å². The molecular formula is C17H18F4N7O+. The van der Waals surface area contributed by atoms with Gasteiger partial charge >= 0.3 is 6.18 Å². The van der Waals surface area contributed by atoms with Crippen LogP contribution in [0.25, 0.3) is 22.4 Å². The normalized spacial score (nSPS) is 13.9. The summed E-state index contributed by atoms with van der Waals surface area (Å²) in [4.78, 5) is 30.2. The molecular weight excluding hydrogens is 394 g/mol. The molecule has 0 radical (unpaired) electrons. The van der Waals surface area contributed by atoms with E-state index in [1.54, 1.807) is 19.3 Å². The van der Waals surface area contributed by atoms with E-state index in [1.165, 1.54) is 13.3 Å². The smallest absolute Gasteiger partial charge is 0.354 e. The number of carbonyl (C=O) groups excluding carboxylic acids is 1. The number of aromatic nitrogens is 5. The lowest BCUT2D eigenvalue weighted by Crippen LogP contribution is -2.52. The molecule has 154 valence electrons. The van der Waals surface area contributed by atoms with Crippen molar-refractivity contribution in [3.63, 3.8) is 0 Å². The highest BCUT2D eigenvalue weighted by molar-refractivity contribution is 5.91. The van der Waals surface area contributed by atoms with Crippen molar-refractivity contribution in [3.05, 3.63) is 30.7 Å². The lowest BCUT2D eigenvalue weighted by Gasteiger charge is -2.29. The van der Waals surface area contributed by atoms with Gasteiger partial charge in [0.05, 0.1) is 17.1 Å². The molecule has 0 spiro atoms. The first-order valence-corrected chi connectivity index (χ1v) is 8.62. The second-order valence-corrected chi connectivity index (χ2v) is 6.53. The van der Waals surface area contributed by atoms with Crippen molar-refractivity contribution in [2.45, 2.75) is 32.0 Å². The number of anilines is 1. The summed E-state index contributed by atoms with van der Waals surface area (Å²) in [6, 6.07) is 0. The SMILES string of the molecule is CC[C@@](C)(Nc1nc(-c2c[nH]c3nc[nH+]cc23)ncc1F)C(=O)NCC(F)(F)F. The van der Waals surface area contributed by atoms with E-state index in [4.69, 9.17) is 0 Å². The van der Waals surface area contributed by atoms with Gasteiger partial charge in [-0.25, -0.2) is 19.3 Å². The molecule has 0 unspecified atom stereocenters. The number of amides is 1. The van der Waals surface area contributed by atoms with Crippen LogP contribution in [0.15, 0.2) is 24.9 Å². The molecule has 4 N–H and O–H groups in total. The summed E-state index contributed by atoms with van der Waals surface area (Å²) in [5.41, 5.74) is -0.425. The minimum absolute atomic E-state index is 0.0848. The number of rotatable bonds is 6. The fourth-order valence-electron chi connectivity index (χ4n) is 2.61. The molecule has 29 heavy (non-hydrogen) atoms. The van der Waals surface area contributed by atoms with E-state index in [2.05, 4.69) is 30.2 Å². The maximum Gasteiger partial charge on any atom is 0.405 e. The van der Waals surface area contributed by atoms with Gasteiger partial charge in [-0.15, -0.1) is 0 Å². The minimum Gasteiger partial charge on any atom is -0.354 e. The molecule has 0 bridgehead atoms. The molecule has 1 atom stereocenters. The Bertz CT molecular complexity index is 1040. The number of fused-ring (bicyclic) bond motifs is 1. The standard InChI is InChI=1S/C17H17F4N7O/c1-3-16(2,15(29)25-7-17(19,20)21)28-14-11(18)6-24-13(27-14)10-5-23-12-9(10)4-22-8-26-12/h4-6,8H,3,7H2,1-2H3,(H,25,29)(H,22,23,26)(H,24,27,28)/p+1/t16-/m1/s1. The summed E-state index contributed by atoms with van der Waals surface area (Å²) in [5.74, 6) is -1.93. The van der Waals surface area contributed by atoms with Crippen molar-refractivity contribution in [1.82, 2.24) is 25.3 Å². The summed E-state index contributed by atoms with van der Waals surface area (Å²) in [7, 11) is 0. The van der Waals surface area contributed by atoms with Crippen LogP contribution >= 0.6 is 0 Å². The van der Waals surface area contributed by atoms with Crippen LogP contribution in [0, 0.1) is 5.82 Å². The van der Waals surface area contributed by atoms with Crippen molar-refractivity contribution in [1.29, 1.82) is 0 Å². The molecule has 0 aromatic carbocycles. The first kappa shape index (κ1) is 20.4. The van der Waals surface area contributed by atoms with Crippen molar-refractivity contribution in [2.75, 3.05) is 11.9 Å². The molecule has 3 rings (SSSR count). The van der Waals surface area contributed by atoms with Crippen LogP contribution in [-0.2, 0) is 4.79 Å². The third-order valence-electron chi connectivity index (χ3n) is 4.43. The molecule has 0 saturated heterocycles. The molecule has 0 saturated carbocycles. The van der Waals surface area contributed by atoms with E-state index in [9.17, 15) is 22.4 Å². The van der Waals surface area contributed by atoms with Gasteiger partial charge in [-0.05, 0) is 18.3 Å². The predicted octanol–water partition coefficient (Wildman–Crippen LogP) is 2.23. The zero-order valence-electron chi connectivity index (χ0n) is 15.5.